The molecule has 0 bridgehead atoms. The lowest BCUT2D eigenvalue weighted by Gasteiger charge is -2.00. The molecule has 5 heteroatoms. The van der Waals surface area contributed by atoms with Crippen LogP contribution in [0.1, 0.15) is 5.82 Å². The van der Waals surface area contributed by atoms with Crippen LogP contribution in [0.4, 0.5) is 0 Å². The molecule has 0 saturated heterocycles. The Labute approximate surface area is 69.4 Å². The van der Waals surface area contributed by atoms with E-state index in [0.717, 1.165) is 0 Å². The minimum absolute atomic E-state index is 0.204. The number of methoxy groups -OCH3 is 2. The SMILES string of the molecule is COCc1nc(=O)c(OC)c[nH]1. The number of nitrogens with zero attached hydrogens (tertiary/aromatic N) is 1. The van der Waals surface area contributed by atoms with Gasteiger partial charge in [0.25, 0.3) is 0 Å². The third-order valence-corrected chi connectivity index (χ3v) is 1.32. The van der Waals surface area contributed by atoms with Crippen LogP contribution in [0, 0.1) is 0 Å². The molecule has 1 heterocycles. The second kappa shape index (κ2) is 3.87. The first-order valence-electron chi connectivity index (χ1n) is 3.39. The second-order valence-corrected chi connectivity index (χ2v) is 2.15. The first-order chi connectivity index (χ1) is 5.77. The Kier molecular flexibility index (Phi) is 2.82. The maximum Gasteiger partial charge on any atom is 0.315 e. The number of aromatic nitrogens is 2. The van der Waals surface area contributed by atoms with Crippen molar-refractivity contribution in [2.45, 2.75) is 6.61 Å². The van der Waals surface area contributed by atoms with E-state index in [-0.39, 0.29) is 11.3 Å². The predicted molar refractivity (Wildman–Crippen MR) is 42.1 cm³/mol. The Balaban J connectivity index is 2.94. The second-order valence-electron chi connectivity index (χ2n) is 2.15. The molecule has 0 amide bonds. The smallest absolute Gasteiger partial charge is 0.315 e. The van der Waals surface area contributed by atoms with E-state index in [1.165, 1.54) is 20.4 Å². The van der Waals surface area contributed by atoms with E-state index in [0.29, 0.717) is 12.4 Å². The van der Waals surface area contributed by atoms with Crippen LogP contribution in [0.2, 0.25) is 0 Å². The van der Waals surface area contributed by atoms with Crippen LogP contribution in [0.3, 0.4) is 0 Å². The summed E-state index contributed by atoms with van der Waals surface area (Å²) < 4.78 is 9.51. The van der Waals surface area contributed by atoms with E-state index in [1.807, 2.05) is 0 Å². The van der Waals surface area contributed by atoms with Gasteiger partial charge in [-0.15, -0.1) is 0 Å². The topological polar surface area (TPSA) is 64.2 Å². The minimum atomic E-state index is -0.386. The van der Waals surface area contributed by atoms with Gasteiger partial charge in [0, 0.05) is 7.11 Å². The monoisotopic (exact) mass is 170 g/mol. The fourth-order valence-electron chi connectivity index (χ4n) is 0.777. The third-order valence-electron chi connectivity index (χ3n) is 1.32. The van der Waals surface area contributed by atoms with Gasteiger partial charge in [-0.2, -0.15) is 4.98 Å². The van der Waals surface area contributed by atoms with Crippen LogP contribution in [-0.2, 0) is 11.3 Å². The van der Waals surface area contributed by atoms with Crippen LogP contribution in [-0.4, -0.2) is 24.2 Å². The zero-order valence-corrected chi connectivity index (χ0v) is 6.96. The van der Waals surface area contributed by atoms with Gasteiger partial charge < -0.3 is 14.5 Å². The molecule has 0 atom stereocenters. The Morgan fingerprint density at radius 1 is 1.58 bits per heavy atom. The summed E-state index contributed by atoms with van der Waals surface area (Å²) in [6.45, 7) is 0.291. The molecule has 0 saturated carbocycles. The molecule has 1 rings (SSSR count). The maximum absolute atomic E-state index is 11.0. The molecule has 0 aromatic carbocycles. The summed E-state index contributed by atoms with van der Waals surface area (Å²) >= 11 is 0. The molecular formula is C7H10N2O3. The number of rotatable bonds is 3. The Hall–Kier alpha value is -1.36. The molecule has 5 nitrogen and oxygen atoms in total. The van der Waals surface area contributed by atoms with E-state index < -0.39 is 0 Å². The Bertz CT molecular complexity index is 308. The van der Waals surface area contributed by atoms with Crippen LogP contribution >= 0.6 is 0 Å². The van der Waals surface area contributed by atoms with E-state index in [4.69, 9.17) is 9.47 Å². The molecule has 1 N–H and O–H groups in total. The van der Waals surface area contributed by atoms with Gasteiger partial charge in [0.05, 0.1) is 13.3 Å². The van der Waals surface area contributed by atoms with Crippen LogP contribution < -0.4 is 10.3 Å². The van der Waals surface area contributed by atoms with Gasteiger partial charge in [-0.25, -0.2) is 0 Å². The number of hydrogen-bond donors (Lipinski definition) is 1. The number of H-pyrrole nitrogens is 1. The summed E-state index contributed by atoms with van der Waals surface area (Å²) in [6, 6.07) is 0. The van der Waals surface area contributed by atoms with Crippen LogP contribution in [0.5, 0.6) is 5.75 Å². The average molecular weight is 170 g/mol. The van der Waals surface area contributed by atoms with Crippen molar-refractivity contribution in [2.75, 3.05) is 14.2 Å². The molecule has 0 spiro atoms. The Morgan fingerprint density at radius 3 is 2.83 bits per heavy atom. The van der Waals surface area contributed by atoms with Gasteiger partial charge in [0.1, 0.15) is 12.4 Å². The van der Waals surface area contributed by atoms with Gasteiger partial charge in [0.15, 0.2) is 0 Å². The molecule has 0 aliphatic heterocycles. The average Bonchev–Trinajstić information content (AvgIpc) is 2.05. The first-order valence-corrected chi connectivity index (χ1v) is 3.39. The van der Waals surface area contributed by atoms with Crippen molar-refractivity contribution in [2.24, 2.45) is 0 Å². The summed E-state index contributed by atoms with van der Waals surface area (Å²) in [5, 5.41) is 0. The van der Waals surface area contributed by atoms with Gasteiger partial charge in [-0.05, 0) is 0 Å². The van der Waals surface area contributed by atoms with E-state index in [2.05, 4.69) is 9.97 Å². The maximum atomic E-state index is 11.0. The zero-order valence-electron chi connectivity index (χ0n) is 6.96. The highest BCUT2D eigenvalue weighted by atomic mass is 16.5. The molecular weight excluding hydrogens is 160 g/mol. The van der Waals surface area contributed by atoms with Gasteiger partial charge in [-0.3, -0.25) is 4.79 Å². The summed E-state index contributed by atoms with van der Waals surface area (Å²) in [5.41, 5.74) is -0.386. The molecule has 0 aliphatic rings. The minimum Gasteiger partial charge on any atom is -0.490 e. The molecule has 0 fully saturated rings. The van der Waals surface area contributed by atoms with Crippen molar-refractivity contribution in [1.82, 2.24) is 9.97 Å². The summed E-state index contributed by atoms with van der Waals surface area (Å²) in [4.78, 5) is 17.5. The highest BCUT2D eigenvalue weighted by molar-refractivity contribution is 5.12. The summed E-state index contributed by atoms with van der Waals surface area (Å²) in [5.74, 6) is 0.693. The summed E-state index contributed by atoms with van der Waals surface area (Å²) in [6.07, 6.45) is 1.46. The van der Waals surface area contributed by atoms with Gasteiger partial charge >= 0.3 is 5.56 Å². The lowest BCUT2D eigenvalue weighted by atomic mass is 10.5. The number of nitrogens with one attached hydrogen (secondary N) is 1. The standard InChI is InChI=1S/C7H10N2O3/c1-11-4-6-8-3-5(12-2)7(10)9-6/h3H,4H2,1-2H3,(H,8,9,10). The van der Waals surface area contributed by atoms with Crippen LogP contribution in [0.15, 0.2) is 11.0 Å². The molecule has 12 heavy (non-hydrogen) atoms. The fourth-order valence-corrected chi connectivity index (χ4v) is 0.777. The van der Waals surface area contributed by atoms with Crippen molar-refractivity contribution >= 4 is 0 Å². The molecule has 1 aromatic heterocycles. The third kappa shape index (κ3) is 1.82. The van der Waals surface area contributed by atoms with Crippen molar-refractivity contribution in [1.29, 1.82) is 0 Å². The van der Waals surface area contributed by atoms with Crippen molar-refractivity contribution in [3.63, 3.8) is 0 Å². The van der Waals surface area contributed by atoms with Crippen LogP contribution in [0.25, 0.3) is 0 Å². The first kappa shape index (κ1) is 8.73. The van der Waals surface area contributed by atoms with Crippen molar-refractivity contribution in [3.05, 3.63) is 22.4 Å². The molecule has 0 radical (unpaired) electrons. The lowest BCUT2D eigenvalue weighted by molar-refractivity contribution is 0.177. The van der Waals surface area contributed by atoms with E-state index in [9.17, 15) is 4.79 Å². The van der Waals surface area contributed by atoms with E-state index in [1.54, 1.807) is 0 Å². The van der Waals surface area contributed by atoms with Gasteiger partial charge in [-0.1, -0.05) is 0 Å². The molecule has 0 unspecified atom stereocenters. The quantitative estimate of drug-likeness (QED) is 0.689. The molecule has 66 valence electrons. The summed E-state index contributed by atoms with van der Waals surface area (Å²) in [7, 11) is 2.95. The predicted octanol–water partition coefficient (Wildman–Crippen LogP) is -0.0751. The zero-order chi connectivity index (χ0) is 8.97. The fraction of sp³-hybridized carbons (Fsp3) is 0.429. The Morgan fingerprint density at radius 2 is 2.33 bits per heavy atom. The number of hydrogen-bond acceptors (Lipinski definition) is 4. The largest absolute Gasteiger partial charge is 0.490 e. The highest BCUT2D eigenvalue weighted by Crippen LogP contribution is 1.97. The normalized spacial score (nSPS) is 9.83. The lowest BCUT2D eigenvalue weighted by Crippen LogP contribution is -2.13. The number of aromatic amines is 1. The number of ether oxygens (including phenoxy) is 2. The highest BCUT2D eigenvalue weighted by Gasteiger charge is 2.00. The molecule has 1 aromatic rings. The van der Waals surface area contributed by atoms with Crippen molar-refractivity contribution in [3.8, 4) is 5.75 Å². The van der Waals surface area contributed by atoms with Crippen molar-refractivity contribution < 1.29 is 9.47 Å². The van der Waals surface area contributed by atoms with E-state index >= 15 is 0 Å². The van der Waals surface area contributed by atoms with Gasteiger partial charge in [0.2, 0.25) is 5.75 Å². The molecule has 0 aliphatic carbocycles.